The fourth-order valence-corrected chi connectivity index (χ4v) is 6.19. The van der Waals surface area contributed by atoms with Gasteiger partial charge in [0.1, 0.15) is 4.21 Å². The van der Waals surface area contributed by atoms with E-state index >= 15 is 0 Å². The van der Waals surface area contributed by atoms with Crippen molar-refractivity contribution in [3.05, 3.63) is 45.7 Å². The number of likely N-dealkylation sites (tertiary alicyclic amines) is 1. The summed E-state index contributed by atoms with van der Waals surface area (Å²) >= 11 is 4.29. The van der Waals surface area contributed by atoms with E-state index in [1.165, 1.54) is 18.2 Å². The Morgan fingerprint density at radius 2 is 2.03 bits per heavy atom. The number of hydrogen-bond donors (Lipinski definition) is 1. The Morgan fingerprint density at radius 3 is 2.72 bits per heavy atom. The molecule has 1 fully saturated rings. The van der Waals surface area contributed by atoms with Crippen LogP contribution in [0.4, 0.5) is 5.69 Å². The summed E-state index contributed by atoms with van der Waals surface area (Å²) in [7, 11) is -3.85. The topological polar surface area (TPSA) is 92.8 Å². The van der Waals surface area contributed by atoms with Crippen LogP contribution in [0.2, 0.25) is 0 Å². The summed E-state index contributed by atoms with van der Waals surface area (Å²) in [6.07, 6.45) is 2.02. The van der Waals surface area contributed by atoms with Crippen LogP contribution in [0.15, 0.2) is 44.4 Å². The Hall–Kier alpha value is -1.91. The first-order valence-corrected chi connectivity index (χ1v) is 12.2. The first-order chi connectivity index (χ1) is 13.8. The van der Waals surface area contributed by atoms with Gasteiger partial charge in [0, 0.05) is 13.1 Å². The van der Waals surface area contributed by atoms with Gasteiger partial charge in [-0.2, -0.15) is 0 Å². The second-order valence-corrected chi connectivity index (χ2v) is 11.2. The van der Waals surface area contributed by atoms with Crippen LogP contribution >= 0.6 is 27.3 Å². The molecule has 1 atom stereocenters. The average Bonchev–Trinajstić information content (AvgIpc) is 3.13. The van der Waals surface area contributed by atoms with Gasteiger partial charge in [-0.15, -0.1) is 11.3 Å². The molecule has 0 aliphatic carbocycles. The predicted octanol–water partition coefficient (Wildman–Crippen LogP) is 3.73. The summed E-state index contributed by atoms with van der Waals surface area (Å²) < 4.78 is 33.5. The zero-order chi connectivity index (χ0) is 21.0. The second-order valence-electron chi connectivity index (χ2n) is 6.87. The van der Waals surface area contributed by atoms with E-state index in [1.807, 2.05) is 0 Å². The van der Waals surface area contributed by atoms with Crippen LogP contribution in [0, 0.1) is 5.92 Å². The molecule has 7 nitrogen and oxygen atoms in total. The maximum absolute atomic E-state index is 12.6. The van der Waals surface area contributed by atoms with E-state index in [1.54, 1.807) is 23.1 Å². The Bertz CT molecular complexity index is 1010. The van der Waals surface area contributed by atoms with Crippen molar-refractivity contribution in [2.45, 2.75) is 24.0 Å². The number of carbonyl (C=O) groups is 2. The molecule has 0 saturated carbocycles. The molecule has 1 aliphatic rings. The SMILES string of the molecule is CC1CCCN(C(=O)COC(=O)c2ccccc2NS(=O)(=O)c2ccc(Br)s2)C1. The van der Waals surface area contributed by atoms with Gasteiger partial charge in [0.15, 0.2) is 6.61 Å². The molecule has 3 rings (SSSR count). The number of para-hydroxylation sites is 1. The molecule has 10 heteroatoms. The highest BCUT2D eigenvalue weighted by Crippen LogP contribution is 2.28. The summed E-state index contributed by atoms with van der Waals surface area (Å²) in [6, 6.07) is 9.25. The van der Waals surface area contributed by atoms with Gasteiger partial charge in [-0.25, -0.2) is 13.2 Å². The van der Waals surface area contributed by atoms with Crippen molar-refractivity contribution in [2.24, 2.45) is 5.92 Å². The van der Waals surface area contributed by atoms with Crippen LogP contribution in [-0.4, -0.2) is 44.9 Å². The van der Waals surface area contributed by atoms with E-state index in [0.29, 0.717) is 22.8 Å². The van der Waals surface area contributed by atoms with Crippen molar-refractivity contribution in [3.8, 4) is 0 Å². The molecule has 1 unspecified atom stereocenters. The van der Waals surface area contributed by atoms with E-state index in [2.05, 4.69) is 27.6 Å². The smallest absolute Gasteiger partial charge is 0.340 e. The lowest BCUT2D eigenvalue weighted by molar-refractivity contribution is -0.136. The Morgan fingerprint density at radius 1 is 1.28 bits per heavy atom. The minimum Gasteiger partial charge on any atom is -0.452 e. The highest BCUT2D eigenvalue weighted by Gasteiger charge is 2.24. The molecule has 1 aliphatic heterocycles. The number of halogens is 1. The van der Waals surface area contributed by atoms with E-state index in [0.717, 1.165) is 24.2 Å². The second kappa shape index (κ2) is 9.27. The van der Waals surface area contributed by atoms with Crippen LogP contribution < -0.4 is 4.72 Å². The monoisotopic (exact) mass is 500 g/mol. The molecule has 1 N–H and O–H groups in total. The number of piperidine rings is 1. The normalized spacial score (nSPS) is 17.0. The van der Waals surface area contributed by atoms with E-state index in [4.69, 9.17) is 4.74 Å². The summed E-state index contributed by atoms with van der Waals surface area (Å²) in [5, 5.41) is 0. The minimum atomic E-state index is -3.85. The maximum atomic E-state index is 12.6. The van der Waals surface area contributed by atoms with Gasteiger partial charge in [-0.3, -0.25) is 9.52 Å². The quantitative estimate of drug-likeness (QED) is 0.609. The van der Waals surface area contributed by atoms with E-state index in [-0.39, 0.29) is 28.0 Å². The molecule has 0 bridgehead atoms. The van der Waals surface area contributed by atoms with Crippen LogP contribution in [0.1, 0.15) is 30.1 Å². The third kappa shape index (κ3) is 5.58. The Kier molecular flexibility index (Phi) is 6.97. The highest BCUT2D eigenvalue weighted by molar-refractivity contribution is 9.11. The van der Waals surface area contributed by atoms with Crippen molar-refractivity contribution in [2.75, 3.05) is 24.4 Å². The van der Waals surface area contributed by atoms with E-state index in [9.17, 15) is 18.0 Å². The van der Waals surface area contributed by atoms with Gasteiger partial charge in [-0.05, 0) is 59.0 Å². The molecular formula is C19H21BrN2O5S2. The number of hydrogen-bond acceptors (Lipinski definition) is 6. The van der Waals surface area contributed by atoms with Gasteiger partial charge < -0.3 is 9.64 Å². The van der Waals surface area contributed by atoms with Gasteiger partial charge in [0.2, 0.25) is 0 Å². The standard InChI is InChI=1S/C19H21BrN2O5S2/c1-13-5-4-10-22(11-13)17(23)12-27-19(24)14-6-2-3-7-15(14)21-29(25,26)18-9-8-16(20)28-18/h2-3,6-9,13,21H,4-5,10-12H2,1H3. The zero-order valence-corrected chi connectivity index (χ0v) is 19.0. The Labute approximate surface area is 182 Å². The zero-order valence-electron chi connectivity index (χ0n) is 15.8. The van der Waals surface area contributed by atoms with Crippen molar-refractivity contribution < 1.29 is 22.7 Å². The first kappa shape index (κ1) is 21.8. The van der Waals surface area contributed by atoms with Crippen LogP contribution in [0.25, 0.3) is 0 Å². The summed E-state index contributed by atoms with van der Waals surface area (Å²) in [5.41, 5.74) is 0.146. The van der Waals surface area contributed by atoms with Crippen molar-refractivity contribution in [3.63, 3.8) is 0 Å². The average molecular weight is 501 g/mol. The number of amides is 1. The number of anilines is 1. The van der Waals surface area contributed by atoms with Gasteiger partial charge in [0.25, 0.3) is 15.9 Å². The van der Waals surface area contributed by atoms with Gasteiger partial charge in [0.05, 0.1) is 15.0 Å². The number of nitrogens with zero attached hydrogens (tertiary/aromatic N) is 1. The molecule has 0 spiro atoms. The molecule has 2 heterocycles. The molecule has 29 heavy (non-hydrogen) atoms. The first-order valence-electron chi connectivity index (χ1n) is 9.08. The molecule has 1 saturated heterocycles. The summed E-state index contributed by atoms with van der Waals surface area (Å²) in [4.78, 5) is 26.5. The third-order valence-corrected chi connectivity index (χ3v) is 8.02. The number of thiophene rings is 1. The molecule has 0 radical (unpaired) electrons. The van der Waals surface area contributed by atoms with Crippen molar-refractivity contribution in [1.82, 2.24) is 4.90 Å². The van der Waals surface area contributed by atoms with Gasteiger partial charge in [-0.1, -0.05) is 19.1 Å². The number of sulfonamides is 1. The number of rotatable bonds is 6. The highest BCUT2D eigenvalue weighted by atomic mass is 79.9. The van der Waals surface area contributed by atoms with Crippen LogP contribution in [0.3, 0.4) is 0 Å². The maximum Gasteiger partial charge on any atom is 0.340 e. The Balaban J connectivity index is 1.68. The number of benzene rings is 1. The van der Waals surface area contributed by atoms with Crippen LogP contribution in [0.5, 0.6) is 0 Å². The van der Waals surface area contributed by atoms with Gasteiger partial charge >= 0.3 is 5.97 Å². The summed E-state index contributed by atoms with van der Waals surface area (Å²) in [5.74, 6) is -0.573. The van der Waals surface area contributed by atoms with Crippen LogP contribution in [-0.2, 0) is 19.6 Å². The molecule has 1 aromatic heterocycles. The number of carbonyl (C=O) groups excluding carboxylic acids is 2. The number of ether oxygens (including phenoxy) is 1. The molecular weight excluding hydrogens is 480 g/mol. The lowest BCUT2D eigenvalue weighted by atomic mass is 10.0. The predicted molar refractivity (Wildman–Crippen MR) is 115 cm³/mol. The largest absolute Gasteiger partial charge is 0.452 e. The molecule has 156 valence electrons. The van der Waals surface area contributed by atoms with Crippen molar-refractivity contribution in [1.29, 1.82) is 0 Å². The number of nitrogens with one attached hydrogen (secondary N) is 1. The molecule has 1 aromatic carbocycles. The number of esters is 1. The van der Waals surface area contributed by atoms with E-state index < -0.39 is 16.0 Å². The lowest BCUT2D eigenvalue weighted by Gasteiger charge is -2.30. The lowest BCUT2D eigenvalue weighted by Crippen LogP contribution is -2.41. The third-order valence-electron chi connectivity index (χ3n) is 4.54. The molecule has 2 aromatic rings. The van der Waals surface area contributed by atoms with Crippen molar-refractivity contribution >= 4 is 54.9 Å². The molecule has 1 amide bonds. The summed E-state index contributed by atoms with van der Waals surface area (Å²) in [6.45, 7) is 3.03. The fraction of sp³-hybridized carbons (Fsp3) is 0.368. The minimum absolute atomic E-state index is 0.0477. The fourth-order valence-electron chi connectivity index (χ4n) is 3.10.